The van der Waals surface area contributed by atoms with Crippen molar-refractivity contribution in [2.75, 3.05) is 31.7 Å². The molecule has 5 rings (SSSR count). The summed E-state index contributed by atoms with van der Waals surface area (Å²) in [5.74, 6) is 0.653. The van der Waals surface area contributed by atoms with Crippen molar-refractivity contribution in [1.29, 1.82) is 0 Å². The number of ether oxygens (including phenoxy) is 2. The van der Waals surface area contributed by atoms with Crippen LogP contribution in [0.3, 0.4) is 0 Å². The van der Waals surface area contributed by atoms with Gasteiger partial charge in [0.1, 0.15) is 25.3 Å². The number of urea groups is 1. The monoisotopic (exact) mass is 469 g/mol. The highest BCUT2D eigenvalue weighted by Crippen LogP contribution is 2.40. The van der Waals surface area contributed by atoms with Gasteiger partial charge >= 0.3 is 6.03 Å². The number of carbonyl (C=O) groups excluding carboxylic acids is 3. The van der Waals surface area contributed by atoms with Crippen LogP contribution in [0.4, 0.5) is 10.5 Å². The van der Waals surface area contributed by atoms with Gasteiger partial charge in [0.15, 0.2) is 11.5 Å². The van der Waals surface area contributed by atoms with Gasteiger partial charge in [-0.05, 0) is 36.4 Å². The zero-order valence-electron chi connectivity index (χ0n) is 18.6. The van der Waals surface area contributed by atoms with Gasteiger partial charge in [-0.3, -0.25) is 14.5 Å². The van der Waals surface area contributed by atoms with Gasteiger partial charge in [0.2, 0.25) is 5.91 Å². The lowest BCUT2D eigenvalue weighted by Crippen LogP contribution is -2.49. The van der Waals surface area contributed by atoms with Gasteiger partial charge < -0.3 is 19.3 Å². The first-order chi connectivity index (χ1) is 16.0. The maximum Gasteiger partial charge on any atom is 0.327 e. The summed E-state index contributed by atoms with van der Waals surface area (Å²) in [6, 6.07) is 8.87. The number of imide groups is 1. The van der Waals surface area contributed by atoms with E-state index in [0.29, 0.717) is 49.8 Å². The fourth-order valence-electron chi connectivity index (χ4n) is 4.97. The van der Waals surface area contributed by atoms with Crippen LogP contribution >= 0.6 is 11.3 Å². The van der Waals surface area contributed by atoms with E-state index in [0.717, 1.165) is 29.0 Å². The Kier molecular flexibility index (Phi) is 5.74. The molecule has 3 heterocycles. The van der Waals surface area contributed by atoms with Gasteiger partial charge in [-0.25, -0.2) is 4.79 Å². The van der Waals surface area contributed by atoms with Crippen molar-refractivity contribution < 1.29 is 23.9 Å². The number of nitrogens with zero attached hydrogens (tertiary/aromatic N) is 3. The van der Waals surface area contributed by atoms with Crippen molar-refractivity contribution in [3.63, 3.8) is 0 Å². The number of rotatable bonds is 5. The molecule has 0 bridgehead atoms. The van der Waals surface area contributed by atoms with Crippen LogP contribution in [0.5, 0.6) is 11.5 Å². The number of benzene rings is 1. The molecule has 1 aliphatic carbocycles. The maximum absolute atomic E-state index is 13.6. The van der Waals surface area contributed by atoms with E-state index in [9.17, 15) is 14.4 Å². The minimum atomic E-state index is -0.800. The van der Waals surface area contributed by atoms with Crippen LogP contribution in [-0.2, 0) is 16.1 Å². The minimum Gasteiger partial charge on any atom is -0.486 e. The molecule has 2 aromatic rings. The molecule has 2 aliphatic heterocycles. The van der Waals surface area contributed by atoms with Crippen LogP contribution < -0.4 is 14.4 Å². The molecule has 8 nitrogen and oxygen atoms in total. The smallest absolute Gasteiger partial charge is 0.327 e. The molecule has 1 spiro atoms. The van der Waals surface area contributed by atoms with Crippen molar-refractivity contribution in [2.45, 2.75) is 44.2 Å². The number of amides is 4. The highest BCUT2D eigenvalue weighted by Gasteiger charge is 2.56. The zero-order chi connectivity index (χ0) is 23.0. The molecule has 174 valence electrons. The molecule has 1 aromatic heterocycles. The largest absolute Gasteiger partial charge is 0.486 e. The number of carbonyl (C=O) groups is 3. The molecule has 0 N–H and O–H groups in total. The van der Waals surface area contributed by atoms with Crippen LogP contribution in [0.25, 0.3) is 0 Å². The Labute approximate surface area is 196 Å². The summed E-state index contributed by atoms with van der Waals surface area (Å²) >= 11 is 1.55. The highest BCUT2D eigenvalue weighted by atomic mass is 32.1. The molecule has 0 atom stereocenters. The second-order valence-electron chi connectivity index (χ2n) is 8.71. The van der Waals surface area contributed by atoms with Gasteiger partial charge in [0.05, 0.1) is 6.54 Å². The SMILES string of the molecule is CN1C(=O)N(CC(=O)N(Cc2cccs2)c2ccc3c(c2)OCCO3)C(=O)C12CCCCC2. The van der Waals surface area contributed by atoms with Crippen LogP contribution in [-0.4, -0.2) is 60.0 Å². The van der Waals surface area contributed by atoms with Crippen LogP contribution in [0, 0.1) is 0 Å². The van der Waals surface area contributed by atoms with Crippen molar-refractivity contribution in [3.05, 3.63) is 40.6 Å². The maximum atomic E-state index is 13.6. The van der Waals surface area contributed by atoms with Crippen LogP contribution in [0.2, 0.25) is 0 Å². The number of hydrogen-bond acceptors (Lipinski definition) is 6. The molecular weight excluding hydrogens is 442 g/mol. The zero-order valence-corrected chi connectivity index (χ0v) is 19.4. The van der Waals surface area contributed by atoms with E-state index in [1.54, 1.807) is 46.4 Å². The second-order valence-corrected chi connectivity index (χ2v) is 9.74. The number of likely N-dealkylation sites (N-methyl/N-ethyl adjacent to an activating group) is 1. The van der Waals surface area contributed by atoms with E-state index in [1.165, 1.54) is 0 Å². The molecule has 1 saturated heterocycles. The van der Waals surface area contributed by atoms with Crippen LogP contribution in [0.1, 0.15) is 37.0 Å². The van der Waals surface area contributed by atoms with Crippen molar-refractivity contribution in [1.82, 2.24) is 9.80 Å². The Balaban J connectivity index is 1.42. The van der Waals surface area contributed by atoms with Gasteiger partial charge in [0.25, 0.3) is 5.91 Å². The highest BCUT2D eigenvalue weighted by molar-refractivity contribution is 7.09. The summed E-state index contributed by atoms with van der Waals surface area (Å²) in [4.78, 5) is 45.2. The summed E-state index contributed by atoms with van der Waals surface area (Å²) in [5, 5.41) is 1.96. The van der Waals surface area contributed by atoms with Gasteiger partial charge in [0, 0.05) is 23.7 Å². The predicted molar refractivity (Wildman–Crippen MR) is 124 cm³/mol. The van der Waals surface area contributed by atoms with Crippen LogP contribution in [0.15, 0.2) is 35.7 Å². The lowest BCUT2D eigenvalue weighted by Gasteiger charge is -2.35. The average Bonchev–Trinajstić information content (AvgIpc) is 3.42. The Morgan fingerprint density at radius 1 is 1.09 bits per heavy atom. The van der Waals surface area contributed by atoms with E-state index in [1.807, 2.05) is 17.5 Å². The average molecular weight is 470 g/mol. The molecule has 3 aliphatic rings. The standard InChI is InChI=1S/C24H27N3O5S/c1-25-23(30)27(22(29)24(25)9-3-2-4-10-24)16-21(28)26(15-18-6-5-13-33-18)17-7-8-19-20(14-17)32-12-11-31-19/h5-8,13-14H,2-4,9-12,15-16H2,1H3. The number of thiophene rings is 1. The Morgan fingerprint density at radius 2 is 1.85 bits per heavy atom. The van der Waals surface area contributed by atoms with E-state index in [4.69, 9.17) is 9.47 Å². The third-order valence-electron chi connectivity index (χ3n) is 6.81. The summed E-state index contributed by atoms with van der Waals surface area (Å²) in [6.07, 6.45) is 4.19. The molecule has 0 radical (unpaired) electrons. The fraction of sp³-hybridized carbons (Fsp3) is 0.458. The lowest BCUT2D eigenvalue weighted by atomic mass is 9.81. The second kappa shape index (κ2) is 8.70. The van der Waals surface area contributed by atoms with Crippen molar-refractivity contribution in [2.24, 2.45) is 0 Å². The Bertz CT molecular complexity index is 1060. The molecule has 2 fully saturated rings. The third kappa shape index (κ3) is 3.84. The first-order valence-corrected chi connectivity index (χ1v) is 12.2. The third-order valence-corrected chi connectivity index (χ3v) is 7.67. The molecule has 1 saturated carbocycles. The normalized spacial score (nSPS) is 19.3. The predicted octanol–water partition coefficient (Wildman–Crippen LogP) is 3.65. The van der Waals surface area contributed by atoms with E-state index >= 15 is 0 Å². The van der Waals surface area contributed by atoms with Gasteiger partial charge in [-0.1, -0.05) is 25.3 Å². The topological polar surface area (TPSA) is 79.4 Å². The number of hydrogen-bond donors (Lipinski definition) is 0. The number of anilines is 1. The summed E-state index contributed by atoms with van der Waals surface area (Å²) in [6.45, 7) is 0.982. The molecule has 0 unspecified atom stereocenters. The molecule has 33 heavy (non-hydrogen) atoms. The van der Waals surface area contributed by atoms with Crippen molar-refractivity contribution in [3.8, 4) is 11.5 Å². The number of fused-ring (bicyclic) bond motifs is 1. The molecular formula is C24H27N3O5S. The van der Waals surface area contributed by atoms with E-state index in [-0.39, 0.29) is 18.4 Å². The first-order valence-electron chi connectivity index (χ1n) is 11.3. The lowest BCUT2D eigenvalue weighted by molar-refractivity contribution is -0.136. The molecule has 4 amide bonds. The Morgan fingerprint density at radius 3 is 2.58 bits per heavy atom. The van der Waals surface area contributed by atoms with E-state index in [2.05, 4.69) is 0 Å². The summed E-state index contributed by atoms with van der Waals surface area (Å²) < 4.78 is 11.3. The minimum absolute atomic E-state index is 0.249. The van der Waals surface area contributed by atoms with Gasteiger partial charge in [-0.2, -0.15) is 0 Å². The first kappa shape index (κ1) is 21.8. The van der Waals surface area contributed by atoms with Gasteiger partial charge in [-0.15, -0.1) is 11.3 Å². The summed E-state index contributed by atoms with van der Waals surface area (Å²) in [7, 11) is 1.68. The quantitative estimate of drug-likeness (QED) is 0.625. The van der Waals surface area contributed by atoms with E-state index < -0.39 is 11.6 Å². The molecule has 1 aromatic carbocycles. The molecule has 9 heteroatoms. The fourth-order valence-corrected chi connectivity index (χ4v) is 5.67. The van der Waals surface area contributed by atoms with Crippen molar-refractivity contribution >= 4 is 34.9 Å². The Hall–Kier alpha value is -3.07. The summed E-state index contributed by atoms with van der Waals surface area (Å²) in [5.41, 5.74) is -0.164.